The van der Waals surface area contributed by atoms with E-state index in [1.807, 2.05) is 0 Å². The molecule has 1 unspecified atom stereocenters. The van der Waals surface area contributed by atoms with Crippen molar-refractivity contribution in [3.8, 4) is 0 Å². The SMILES string of the molecule is CC(C)CC(C)OCCCN. The van der Waals surface area contributed by atoms with Gasteiger partial charge in [-0.2, -0.15) is 0 Å². The molecule has 0 spiro atoms. The van der Waals surface area contributed by atoms with Crippen molar-refractivity contribution >= 4 is 0 Å². The molecule has 0 aliphatic heterocycles. The molecule has 0 aliphatic carbocycles. The Labute approximate surface area is 70.1 Å². The Kier molecular flexibility index (Phi) is 6.57. The summed E-state index contributed by atoms with van der Waals surface area (Å²) in [7, 11) is 0. The van der Waals surface area contributed by atoms with Crippen molar-refractivity contribution in [1.82, 2.24) is 0 Å². The van der Waals surface area contributed by atoms with E-state index in [0.29, 0.717) is 6.10 Å². The van der Waals surface area contributed by atoms with Crippen LogP contribution in [0.3, 0.4) is 0 Å². The van der Waals surface area contributed by atoms with Crippen LogP contribution in [0.25, 0.3) is 0 Å². The van der Waals surface area contributed by atoms with Gasteiger partial charge in [-0.1, -0.05) is 13.8 Å². The van der Waals surface area contributed by atoms with Crippen molar-refractivity contribution in [3.05, 3.63) is 0 Å². The predicted molar refractivity (Wildman–Crippen MR) is 48.5 cm³/mol. The van der Waals surface area contributed by atoms with Crippen LogP contribution in [-0.4, -0.2) is 19.3 Å². The quantitative estimate of drug-likeness (QED) is 0.600. The van der Waals surface area contributed by atoms with E-state index < -0.39 is 0 Å². The highest BCUT2D eigenvalue weighted by Gasteiger charge is 2.03. The average Bonchev–Trinajstić information content (AvgIpc) is 1.86. The number of rotatable bonds is 6. The van der Waals surface area contributed by atoms with Gasteiger partial charge in [-0.3, -0.25) is 0 Å². The third-order valence-corrected chi connectivity index (χ3v) is 1.55. The molecule has 0 aromatic rings. The van der Waals surface area contributed by atoms with Gasteiger partial charge < -0.3 is 10.5 Å². The van der Waals surface area contributed by atoms with Crippen LogP contribution in [0, 0.1) is 5.92 Å². The number of hydrogen-bond acceptors (Lipinski definition) is 2. The molecule has 0 fully saturated rings. The zero-order valence-electron chi connectivity index (χ0n) is 7.97. The Morgan fingerprint density at radius 3 is 2.36 bits per heavy atom. The molecular formula is C9H21NO. The maximum Gasteiger partial charge on any atom is 0.0549 e. The van der Waals surface area contributed by atoms with Crippen molar-refractivity contribution in [3.63, 3.8) is 0 Å². The second-order valence-corrected chi connectivity index (χ2v) is 3.45. The van der Waals surface area contributed by atoms with Gasteiger partial charge in [-0.05, 0) is 32.2 Å². The molecule has 11 heavy (non-hydrogen) atoms. The molecule has 0 saturated heterocycles. The fraction of sp³-hybridized carbons (Fsp3) is 1.00. The van der Waals surface area contributed by atoms with Gasteiger partial charge in [0.05, 0.1) is 6.10 Å². The Morgan fingerprint density at radius 2 is 1.91 bits per heavy atom. The van der Waals surface area contributed by atoms with Crippen LogP contribution in [0.4, 0.5) is 0 Å². The van der Waals surface area contributed by atoms with Crippen LogP contribution in [0.5, 0.6) is 0 Å². The molecule has 2 nitrogen and oxygen atoms in total. The highest BCUT2D eigenvalue weighted by molar-refractivity contribution is 4.53. The van der Waals surface area contributed by atoms with E-state index in [0.717, 1.165) is 31.9 Å². The minimum absolute atomic E-state index is 0.390. The van der Waals surface area contributed by atoms with Crippen LogP contribution in [0.1, 0.15) is 33.6 Å². The molecule has 1 atom stereocenters. The Hall–Kier alpha value is -0.0800. The molecular weight excluding hydrogens is 138 g/mol. The fourth-order valence-electron chi connectivity index (χ4n) is 1.10. The molecule has 0 heterocycles. The van der Waals surface area contributed by atoms with E-state index in [1.165, 1.54) is 0 Å². The lowest BCUT2D eigenvalue weighted by Crippen LogP contribution is -2.14. The highest BCUT2D eigenvalue weighted by atomic mass is 16.5. The Bertz CT molecular complexity index is 83.6. The fourth-order valence-corrected chi connectivity index (χ4v) is 1.10. The van der Waals surface area contributed by atoms with Gasteiger partial charge in [-0.25, -0.2) is 0 Å². The monoisotopic (exact) mass is 159 g/mol. The van der Waals surface area contributed by atoms with Gasteiger partial charge in [0.15, 0.2) is 0 Å². The number of nitrogens with two attached hydrogens (primary N) is 1. The maximum atomic E-state index is 5.51. The summed E-state index contributed by atoms with van der Waals surface area (Å²) >= 11 is 0. The summed E-state index contributed by atoms with van der Waals surface area (Å²) in [5.74, 6) is 0.725. The van der Waals surface area contributed by atoms with Crippen LogP contribution < -0.4 is 5.73 Å². The first-order chi connectivity index (χ1) is 5.16. The topological polar surface area (TPSA) is 35.2 Å². The second-order valence-electron chi connectivity index (χ2n) is 3.45. The van der Waals surface area contributed by atoms with E-state index in [2.05, 4.69) is 20.8 Å². The number of hydrogen-bond donors (Lipinski definition) is 1. The normalized spacial score (nSPS) is 13.9. The standard InChI is InChI=1S/C9H21NO/c1-8(2)7-9(3)11-6-4-5-10/h8-9H,4-7,10H2,1-3H3. The first kappa shape index (κ1) is 10.9. The lowest BCUT2D eigenvalue weighted by molar-refractivity contribution is 0.0515. The van der Waals surface area contributed by atoms with E-state index in [4.69, 9.17) is 10.5 Å². The van der Waals surface area contributed by atoms with Crippen molar-refractivity contribution in [2.75, 3.05) is 13.2 Å². The zero-order chi connectivity index (χ0) is 8.69. The Balaban J connectivity index is 3.15. The first-order valence-electron chi connectivity index (χ1n) is 4.48. The lowest BCUT2D eigenvalue weighted by Gasteiger charge is -2.14. The van der Waals surface area contributed by atoms with Crippen molar-refractivity contribution < 1.29 is 4.74 Å². The Morgan fingerprint density at radius 1 is 1.27 bits per heavy atom. The third kappa shape index (κ3) is 7.82. The third-order valence-electron chi connectivity index (χ3n) is 1.55. The smallest absolute Gasteiger partial charge is 0.0549 e. The van der Waals surface area contributed by atoms with Gasteiger partial charge in [0.2, 0.25) is 0 Å². The molecule has 0 rings (SSSR count). The van der Waals surface area contributed by atoms with Gasteiger partial charge in [0.1, 0.15) is 0 Å². The minimum atomic E-state index is 0.390. The van der Waals surface area contributed by atoms with Gasteiger partial charge in [0, 0.05) is 6.61 Å². The van der Waals surface area contributed by atoms with Crippen molar-refractivity contribution in [2.24, 2.45) is 11.7 Å². The van der Waals surface area contributed by atoms with Gasteiger partial charge in [-0.15, -0.1) is 0 Å². The summed E-state index contributed by atoms with van der Waals surface area (Å²) < 4.78 is 5.51. The zero-order valence-corrected chi connectivity index (χ0v) is 7.97. The molecule has 0 amide bonds. The molecule has 0 aliphatic rings. The van der Waals surface area contributed by atoms with Gasteiger partial charge >= 0.3 is 0 Å². The molecule has 68 valence electrons. The molecule has 2 N–H and O–H groups in total. The summed E-state index contributed by atoms with van der Waals surface area (Å²) in [5, 5.41) is 0. The largest absolute Gasteiger partial charge is 0.378 e. The van der Waals surface area contributed by atoms with Crippen LogP contribution in [0.15, 0.2) is 0 Å². The minimum Gasteiger partial charge on any atom is -0.378 e. The van der Waals surface area contributed by atoms with E-state index in [1.54, 1.807) is 0 Å². The van der Waals surface area contributed by atoms with E-state index >= 15 is 0 Å². The molecule has 2 heteroatoms. The molecule has 0 aromatic heterocycles. The molecule has 0 bridgehead atoms. The first-order valence-corrected chi connectivity index (χ1v) is 4.48. The van der Waals surface area contributed by atoms with Crippen molar-refractivity contribution in [2.45, 2.75) is 39.7 Å². The van der Waals surface area contributed by atoms with Gasteiger partial charge in [0.25, 0.3) is 0 Å². The molecule has 0 aromatic carbocycles. The molecule has 0 saturated carbocycles. The summed E-state index contributed by atoms with van der Waals surface area (Å²) in [6, 6.07) is 0. The summed E-state index contributed by atoms with van der Waals surface area (Å²) in [6.45, 7) is 8.08. The van der Waals surface area contributed by atoms with Crippen LogP contribution in [-0.2, 0) is 4.74 Å². The predicted octanol–water partition coefficient (Wildman–Crippen LogP) is 1.79. The summed E-state index contributed by atoms with van der Waals surface area (Å²) in [4.78, 5) is 0. The molecule has 0 radical (unpaired) electrons. The van der Waals surface area contributed by atoms with Crippen molar-refractivity contribution in [1.29, 1.82) is 0 Å². The summed E-state index contributed by atoms with van der Waals surface area (Å²) in [6.07, 6.45) is 2.51. The maximum absolute atomic E-state index is 5.51. The second kappa shape index (κ2) is 6.62. The van der Waals surface area contributed by atoms with Crippen LogP contribution >= 0.6 is 0 Å². The average molecular weight is 159 g/mol. The summed E-state index contributed by atoms with van der Waals surface area (Å²) in [5.41, 5.74) is 5.34. The highest BCUT2D eigenvalue weighted by Crippen LogP contribution is 2.07. The number of ether oxygens (including phenoxy) is 1. The van der Waals surface area contributed by atoms with E-state index in [-0.39, 0.29) is 0 Å². The van der Waals surface area contributed by atoms with E-state index in [9.17, 15) is 0 Å². The van der Waals surface area contributed by atoms with Crippen LogP contribution in [0.2, 0.25) is 0 Å². The lowest BCUT2D eigenvalue weighted by atomic mass is 10.1.